The molecule has 0 amide bonds. The minimum atomic E-state index is -0.349. The van der Waals surface area contributed by atoms with Crippen molar-refractivity contribution in [2.45, 2.75) is 12.8 Å². The maximum Gasteiger partial charge on any atom is 0.337 e. The molecule has 0 heterocycles. The molecular formula is C18H20O4. The van der Waals surface area contributed by atoms with Crippen molar-refractivity contribution in [1.29, 1.82) is 0 Å². The minimum absolute atomic E-state index is 0.180. The number of benzene rings is 2. The highest BCUT2D eigenvalue weighted by atomic mass is 16.5. The highest BCUT2D eigenvalue weighted by Gasteiger charge is 2.09. The Bertz CT molecular complexity index is 632. The standard InChI is InChI=1S/C18H20O4/c1-21-17-12-13(4-3-11-19)5-10-16(17)14-6-8-15(9-7-14)18(20)22-2/h5-10,12,19H,3-4,11H2,1-2H3. The van der Waals surface area contributed by atoms with E-state index in [0.29, 0.717) is 5.56 Å². The van der Waals surface area contributed by atoms with E-state index in [-0.39, 0.29) is 12.6 Å². The van der Waals surface area contributed by atoms with Crippen molar-refractivity contribution in [1.82, 2.24) is 0 Å². The van der Waals surface area contributed by atoms with Crippen LogP contribution in [-0.4, -0.2) is 31.9 Å². The van der Waals surface area contributed by atoms with Gasteiger partial charge in [0.1, 0.15) is 5.75 Å². The van der Waals surface area contributed by atoms with E-state index in [0.717, 1.165) is 35.3 Å². The lowest BCUT2D eigenvalue weighted by atomic mass is 10.00. The number of hydrogen-bond acceptors (Lipinski definition) is 4. The van der Waals surface area contributed by atoms with Crippen molar-refractivity contribution in [2.75, 3.05) is 20.8 Å². The number of aryl methyl sites for hydroxylation is 1. The summed E-state index contributed by atoms with van der Waals surface area (Å²) in [5.74, 6) is 0.430. The van der Waals surface area contributed by atoms with Crippen LogP contribution in [0.4, 0.5) is 0 Å². The van der Waals surface area contributed by atoms with Crippen LogP contribution in [0.2, 0.25) is 0 Å². The zero-order valence-electron chi connectivity index (χ0n) is 12.8. The maximum atomic E-state index is 11.5. The SMILES string of the molecule is COC(=O)c1ccc(-c2ccc(CCCO)cc2OC)cc1. The number of methoxy groups -OCH3 is 2. The van der Waals surface area contributed by atoms with E-state index in [2.05, 4.69) is 0 Å². The van der Waals surface area contributed by atoms with Gasteiger partial charge in [0.25, 0.3) is 0 Å². The number of rotatable bonds is 6. The molecule has 0 fully saturated rings. The molecule has 0 bridgehead atoms. The number of aliphatic hydroxyl groups is 1. The molecule has 1 N–H and O–H groups in total. The van der Waals surface area contributed by atoms with Gasteiger partial charge in [0.15, 0.2) is 0 Å². The second kappa shape index (κ2) is 7.61. The monoisotopic (exact) mass is 300 g/mol. The minimum Gasteiger partial charge on any atom is -0.496 e. The Hall–Kier alpha value is -2.33. The number of hydrogen-bond donors (Lipinski definition) is 1. The molecule has 0 aromatic heterocycles. The van der Waals surface area contributed by atoms with Crippen LogP contribution in [0, 0.1) is 0 Å². The van der Waals surface area contributed by atoms with Crippen molar-refractivity contribution >= 4 is 5.97 Å². The number of carbonyl (C=O) groups is 1. The molecule has 0 aliphatic heterocycles. The third-order valence-corrected chi connectivity index (χ3v) is 3.51. The molecule has 4 heteroatoms. The molecule has 4 nitrogen and oxygen atoms in total. The molecular weight excluding hydrogens is 280 g/mol. The third kappa shape index (κ3) is 3.65. The molecule has 22 heavy (non-hydrogen) atoms. The largest absolute Gasteiger partial charge is 0.496 e. The van der Waals surface area contributed by atoms with Gasteiger partial charge in [-0.05, 0) is 42.2 Å². The fraction of sp³-hybridized carbons (Fsp3) is 0.278. The Kier molecular flexibility index (Phi) is 5.55. The van der Waals surface area contributed by atoms with Crippen molar-refractivity contribution in [2.24, 2.45) is 0 Å². The first kappa shape index (κ1) is 16.0. The van der Waals surface area contributed by atoms with Gasteiger partial charge in [-0.2, -0.15) is 0 Å². The average Bonchev–Trinajstić information content (AvgIpc) is 2.59. The van der Waals surface area contributed by atoms with Gasteiger partial charge in [0.2, 0.25) is 0 Å². The van der Waals surface area contributed by atoms with Gasteiger partial charge in [-0.25, -0.2) is 4.79 Å². The van der Waals surface area contributed by atoms with Crippen LogP contribution in [0.3, 0.4) is 0 Å². The number of esters is 1. The third-order valence-electron chi connectivity index (χ3n) is 3.51. The quantitative estimate of drug-likeness (QED) is 0.833. The lowest BCUT2D eigenvalue weighted by molar-refractivity contribution is 0.0601. The summed E-state index contributed by atoms with van der Waals surface area (Å²) in [6, 6.07) is 13.2. The second-order valence-electron chi connectivity index (χ2n) is 4.93. The summed E-state index contributed by atoms with van der Waals surface area (Å²) in [4.78, 5) is 11.5. The molecule has 2 aromatic carbocycles. The van der Waals surface area contributed by atoms with Crippen LogP contribution < -0.4 is 4.74 Å². The van der Waals surface area contributed by atoms with Gasteiger partial charge in [0, 0.05) is 12.2 Å². The van der Waals surface area contributed by atoms with E-state index < -0.39 is 0 Å². The topological polar surface area (TPSA) is 55.8 Å². The summed E-state index contributed by atoms with van der Waals surface area (Å²) in [6.45, 7) is 0.180. The Morgan fingerprint density at radius 1 is 1.09 bits per heavy atom. The molecule has 2 aromatic rings. The molecule has 0 aliphatic rings. The normalized spacial score (nSPS) is 10.3. The number of aliphatic hydroxyl groups excluding tert-OH is 1. The van der Waals surface area contributed by atoms with Crippen molar-refractivity contribution < 1.29 is 19.4 Å². The predicted octanol–water partition coefficient (Wildman–Crippen LogP) is 3.07. The van der Waals surface area contributed by atoms with Gasteiger partial charge in [-0.1, -0.05) is 24.3 Å². The Labute approximate surface area is 130 Å². The van der Waals surface area contributed by atoms with Crippen molar-refractivity contribution in [3.8, 4) is 16.9 Å². The highest BCUT2D eigenvalue weighted by Crippen LogP contribution is 2.31. The summed E-state index contributed by atoms with van der Waals surface area (Å²) in [7, 11) is 3.00. The number of carbonyl (C=O) groups excluding carboxylic acids is 1. The lowest BCUT2D eigenvalue weighted by Crippen LogP contribution is -2.00. The molecule has 0 saturated carbocycles. The van der Waals surface area contributed by atoms with E-state index in [1.165, 1.54) is 7.11 Å². The molecule has 0 unspecified atom stereocenters. The Morgan fingerprint density at radius 2 is 1.82 bits per heavy atom. The van der Waals surface area contributed by atoms with Gasteiger partial charge < -0.3 is 14.6 Å². The predicted molar refractivity (Wildman–Crippen MR) is 85.2 cm³/mol. The molecule has 0 saturated heterocycles. The molecule has 2 rings (SSSR count). The summed E-state index contributed by atoms with van der Waals surface area (Å²) < 4.78 is 10.2. The van der Waals surface area contributed by atoms with Crippen LogP contribution in [0.25, 0.3) is 11.1 Å². The van der Waals surface area contributed by atoms with Gasteiger partial charge in [0.05, 0.1) is 19.8 Å². The summed E-state index contributed by atoms with van der Waals surface area (Å²) in [6.07, 6.45) is 1.55. The van der Waals surface area contributed by atoms with Crippen molar-refractivity contribution in [3.05, 3.63) is 53.6 Å². The van der Waals surface area contributed by atoms with Crippen LogP contribution in [0.5, 0.6) is 5.75 Å². The summed E-state index contributed by atoms with van der Waals surface area (Å²) in [5.41, 5.74) is 3.58. The highest BCUT2D eigenvalue weighted by molar-refractivity contribution is 5.90. The molecule has 0 spiro atoms. The van der Waals surface area contributed by atoms with E-state index in [1.54, 1.807) is 19.2 Å². The number of ether oxygens (including phenoxy) is 2. The first-order valence-corrected chi connectivity index (χ1v) is 7.16. The van der Waals surface area contributed by atoms with Crippen LogP contribution in [-0.2, 0) is 11.2 Å². The lowest BCUT2D eigenvalue weighted by Gasteiger charge is -2.11. The molecule has 0 radical (unpaired) electrons. The summed E-state index contributed by atoms with van der Waals surface area (Å²) in [5, 5.41) is 8.91. The van der Waals surface area contributed by atoms with E-state index in [1.807, 2.05) is 30.3 Å². The molecule has 116 valence electrons. The van der Waals surface area contributed by atoms with Gasteiger partial charge in [-0.15, -0.1) is 0 Å². The zero-order chi connectivity index (χ0) is 15.9. The first-order valence-electron chi connectivity index (χ1n) is 7.16. The Morgan fingerprint density at radius 3 is 2.41 bits per heavy atom. The van der Waals surface area contributed by atoms with Crippen molar-refractivity contribution in [3.63, 3.8) is 0 Å². The first-order chi connectivity index (χ1) is 10.7. The Balaban J connectivity index is 2.29. The maximum absolute atomic E-state index is 11.5. The van der Waals surface area contributed by atoms with E-state index in [4.69, 9.17) is 14.6 Å². The van der Waals surface area contributed by atoms with E-state index in [9.17, 15) is 4.79 Å². The fourth-order valence-electron chi connectivity index (χ4n) is 2.32. The van der Waals surface area contributed by atoms with Crippen LogP contribution in [0.1, 0.15) is 22.3 Å². The van der Waals surface area contributed by atoms with Crippen LogP contribution >= 0.6 is 0 Å². The van der Waals surface area contributed by atoms with Gasteiger partial charge >= 0.3 is 5.97 Å². The molecule has 0 aliphatic carbocycles. The molecule has 0 atom stereocenters. The second-order valence-corrected chi connectivity index (χ2v) is 4.93. The van der Waals surface area contributed by atoms with Gasteiger partial charge in [-0.3, -0.25) is 0 Å². The van der Waals surface area contributed by atoms with Crippen LogP contribution in [0.15, 0.2) is 42.5 Å². The summed E-state index contributed by atoms with van der Waals surface area (Å²) >= 11 is 0. The zero-order valence-corrected chi connectivity index (χ0v) is 12.8. The van der Waals surface area contributed by atoms with E-state index >= 15 is 0 Å². The average molecular weight is 300 g/mol. The smallest absolute Gasteiger partial charge is 0.337 e. The fourth-order valence-corrected chi connectivity index (χ4v) is 2.32.